The van der Waals surface area contributed by atoms with Crippen molar-refractivity contribution in [2.24, 2.45) is 0 Å². The summed E-state index contributed by atoms with van der Waals surface area (Å²) in [6.45, 7) is 1.47. The van der Waals surface area contributed by atoms with E-state index < -0.39 is 18.1 Å². The van der Waals surface area contributed by atoms with Gasteiger partial charge >= 0.3 is 12.1 Å². The summed E-state index contributed by atoms with van der Waals surface area (Å²) >= 11 is 0.997. The van der Waals surface area contributed by atoms with Crippen LogP contribution in [-0.4, -0.2) is 50.1 Å². The van der Waals surface area contributed by atoms with Gasteiger partial charge in [0.1, 0.15) is 6.04 Å². The lowest BCUT2D eigenvalue weighted by Gasteiger charge is -2.16. The molecule has 0 aliphatic carbocycles. The van der Waals surface area contributed by atoms with Crippen molar-refractivity contribution in [1.29, 1.82) is 0 Å². The number of hydrogen-bond acceptors (Lipinski definition) is 4. The molecule has 2 atom stereocenters. The predicted octanol–water partition coefficient (Wildman–Crippen LogP) is 0.472. The molecule has 7 heteroatoms. The number of carbonyl (C=O) groups is 3. The molecule has 0 aromatic rings. The molecule has 1 aliphatic heterocycles. The highest BCUT2D eigenvalue weighted by Gasteiger charge is 2.40. The first kappa shape index (κ1) is 11.8. The molecule has 0 radical (unpaired) electrons. The van der Waals surface area contributed by atoms with Gasteiger partial charge in [-0.25, -0.2) is 9.59 Å². The molecule has 1 heterocycles. The molecule has 0 bridgehead atoms. The minimum atomic E-state index is -1.26. The Morgan fingerprint density at radius 3 is 2.27 bits per heavy atom. The van der Waals surface area contributed by atoms with Crippen LogP contribution in [0.2, 0.25) is 0 Å². The van der Waals surface area contributed by atoms with Gasteiger partial charge in [-0.1, -0.05) is 11.8 Å². The summed E-state index contributed by atoms with van der Waals surface area (Å²) < 4.78 is 0. The number of nitrogens with zero attached hydrogens (tertiary/aromatic N) is 1. The van der Waals surface area contributed by atoms with Crippen LogP contribution in [-0.2, 0) is 9.59 Å². The monoisotopic (exact) mass is 233 g/mol. The second-order valence-electron chi connectivity index (χ2n) is 3.26. The van der Waals surface area contributed by atoms with E-state index in [1.807, 2.05) is 0 Å². The Labute approximate surface area is 90.2 Å². The lowest BCUT2D eigenvalue weighted by Crippen LogP contribution is -2.39. The second kappa shape index (κ2) is 4.52. The molecule has 1 rings (SSSR count). The minimum Gasteiger partial charge on any atom is -0.480 e. The van der Waals surface area contributed by atoms with Crippen LogP contribution in [0.4, 0.5) is 4.79 Å². The lowest BCUT2D eigenvalue weighted by molar-refractivity contribution is -0.141. The fraction of sp³-hybridized carbons (Fsp3) is 0.625. The maximum Gasteiger partial charge on any atom is 0.408 e. The molecular weight excluding hydrogens is 222 g/mol. The van der Waals surface area contributed by atoms with Crippen LogP contribution in [0.5, 0.6) is 0 Å². The Morgan fingerprint density at radius 1 is 1.33 bits per heavy atom. The van der Waals surface area contributed by atoms with E-state index in [4.69, 9.17) is 10.2 Å². The fourth-order valence-corrected chi connectivity index (χ4v) is 2.55. The molecule has 6 nitrogen and oxygen atoms in total. The highest BCUT2D eigenvalue weighted by molar-refractivity contribution is 8.14. The zero-order valence-corrected chi connectivity index (χ0v) is 8.86. The Balaban J connectivity index is 2.69. The normalized spacial score (nSPS) is 25.3. The molecule has 15 heavy (non-hydrogen) atoms. The van der Waals surface area contributed by atoms with Gasteiger partial charge in [0.25, 0.3) is 0 Å². The standard InChI is InChI=1S/C8H11NO5S/c1-4(10)15-5-2-6(7(11)12)9(3-5)8(13)14/h5-6H,2-3H2,1H3,(H,11,12)(H,13,14). The topological polar surface area (TPSA) is 94.9 Å². The molecule has 1 saturated heterocycles. The van der Waals surface area contributed by atoms with Crippen molar-refractivity contribution in [3.05, 3.63) is 0 Å². The summed E-state index contributed by atoms with van der Waals surface area (Å²) in [5, 5.41) is 17.2. The van der Waals surface area contributed by atoms with E-state index in [1.165, 1.54) is 6.92 Å². The van der Waals surface area contributed by atoms with Crippen molar-refractivity contribution >= 4 is 28.9 Å². The van der Waals surface area contributed by atoms with Crippen molar-refractivity contribution in [2.75, 3.05) is 6.54 Å². The molecule has 0 aromatic carbocycles. The average molecular weight is 233 g/mol. The quantitative estimate of drug-likeness (QED) is 0.720. The van der Waals surface area contributed by atoms with Crippen molar-refractivity contribution in [3.63, 3.8) is 0 Å². The van der Waals surface area contributed by atoms with E-state index in [1.54, 1.807) is 0 Å². The van der Waals surface area contributed by atoms with Crippen LogP contribution in [0.25, 0.3) is 0 Å². The maximum absolute atomic E-state index is 10.8. The van der Waals surface area contributed by atoms with Crippen LogP contribution in [0.3, 0.4) is 0 Å². The number of rotatable bonds is 2. The van der Waals surface area contributed by atoms with Gasteiger partial charge in [0.15, 0.2) is 5.12 Å². The van der Waals surface area contributed by atoms with Crippen molar-refractivity contribution in [1.82, 2.24) is 4.90 Å². The van der Waals surface area contributed by atoms with Crippen LogP contribution in [0.15, 0.2) is 0 Å². The van der Waals surface area contributed by atoms with Crippen LogP contribution < -0.4 is 0 Å². The summed E-state index contributed by atoms with van der Waals surface area (Å²) in [4.78, 5) is 33.1. The average Bonchev–Trinajstić information content (AvgIpc) is 2.46. The Hall–Kier alpha value is -1.24. The number of hydrogen-bond donors (Lipinski definition) is 2. The van der Waals surface area contributed by atoms with Gasteiger partial charge < -0.3 is 10.2 Å². The SMILES string of the molecule is CC(=O)SC1CC(C(=O)O)N(C(=O)O)C1. The van der Waals surface area contributed by atoms with Gasteiger partial charge in [0.05, 0.1) is 0 Å². The molecule has 0 spiro atoms. The number of carboxylic acid groups (broad SMARTS) is 2. The van der Waals surface area contributed by atoms with Gasteiger partial charge in [-0.05, 0) is 6.42 Å². The van der Waals surface area contributed by atoms with Crippen LogP contribution in [0.1, 0.15) is 13.3 Å². The first-order valence-corrected chi connectivity index (χ1v) is 5.19. The Morgan fingerprint density at radius 2 is 1.93 bits per heavy atom. The molecular formula is C8H11NO5S. The zero-order valence-electron chi connectivity index (χ0n) is 8.04. The third kappa shape index (κ3) is 2.85. The van der Waals surface area contributed by atoms with E-state index in [0.717, 1.165) is 16.7 Å². The molecule has 0 aromatic heterocycles. The number of likely N-dealkylation sites (tertiary alicyclic amines) is 1. The van der Waals surface area contributed by atoms with Gasteiger partial charge in [-0.15, -0.1) is 0 Å². The van der Waals surface area contributed by atoms with Crippen molar-refractivity contribution in [2.45, 2.75) is 24.6 Å². The molecule has 1 amide bonds. The Bertz CT molecular complexity index is 283. The van der Waals surface area contributed by atoms with Crippen molar-refractivity contribution < 1.29 is 24.6 Å². The third-order valence-corrected chi connectivity index (χ3v) is 3.13. The van der Waals surface area contributed by atoms with Crippen LogP contribution in [0, 0.1) is 0 Å². The highest BCUT2D eigenvalue weighted by atomic mass is 32.2. The number of aliphatic carboxylic acids is 1. The second-order valence-corrected chi connectivity index (χ2v) is 4.73. The van der Waals surface area contributed by atoms with E-state index in [0.29, 0.717) is 0 Å². The first-order valence-electron chi connectivity index (χ1n) is 4.31. The smallest absolute Gasteiger partial charge is 0.408 e. The number of carbonyl (C=O) groups excluding carboxylic acids is 1. The maximum atomic E-state index is 10.8. The molecule has 0 saturated carbocycles. The summed E-state index contributed by atoms with van der Waals surface area (Å²) in [6.07, 6.45) is -1.07. The van der Waals surface area contributed by atoms with Gasteiger partial charge in [0, 0.05) is 18.7 Å². The van der Waals surface area contributed by atoms with Crippen LogP contribution >= 0.6 is 11.8 Å². The minimum absolute atomic E-state index is 0.0938. The van der Waals surface area contributed by atoms with E-state index in [-0.39, 0.29) is 23.3 Å². The zero-order chi connectivity index (χ0) is 11.6. The van der Waals surface area contributed by atoms with Crippen molar-refractivity contribution in [3.8, 4) is 0 Å². The lowest BCUT2D eigenvalue weighted by atomic mass is 10.2. The number of amides is 1. The predicted molar refractivity (Wildman–Crippen MR) is 52.8 cm³/mol. The van der Waals surface area contributed by atoms with Gasteiger partial charge in [-0.3, -0.25) is 9.69 Å². The molecule has 1 fully saturated rings. The third-order valence-electron chi connectivity index (χ3n) is 2.13. The highest BCUT2D eigenvalue weighted by Crippen LogP contribution is 2.28. The Kier molecular flexibility index (Phi) is 3.57. The molecule has 84 valence electrons. The van der Waals surface area contributed by atoms with E-state index >= 15 is 0 Å². The first-order chi connectivity index (χ1) is 6.91. The summed E-state index contributed by atoms with van der Waals surface area (Å²) in [6, 6.07) is -1.03. The molecule has 2 N–H and O–H groups in total. The summed E-state index contributed by atoms with van der Waals surface area (Å²) in [5.41, 5.74) is 0. The molecule has 2 unspecified atom stereocenters. The van der Waals surface area contributed by atoms with E-state index in [9.17, 15) is 14.4 Å². The largest absolute Gasteiger partial charge is 0.480 e. The summed E-state index contributed by atoms with van der Waals surface area (Å²) in [5.74, 6) is -1.16. The van der Waals surface area contributed by atoms with E-state index in [2.05, 4.69) is 0 Å². The van der Waals surface area contributed by atoms with Gasteiger partial charge in [-0.2, -0.15) is 0 Å². The van der Waals surface area contributed by atoms with Gasteiger partial charge in [0.2, 0.25) is 0 Å². The summed E-state index contributed by atoms with van der Waals surface area (Å²) in [7, 11) is 0. The fourth-order valence-electron chi connectivity index (χ4n) is 1.56. The number of thioether (sulfide) groups is 1. The number of carboxylic acids is 1. The molecule has 1 aliphatic rings.